The van der Waals surface area contributed by atoms with Crippen molar-refractivity contribution in [3.63, 3.8) is 0 Å². The summed E-state index contributed by atoms with van der Waals surface area (Å²) < 4.78 is 4.75. The first-order valence-electron chi connectivity index (χ1n) is 19.4. The second-order valence-corrected chi connectivity index (χ2v) is 13.7. The van der Waals surface area contributed by atoms with Crippen LogP contribution in [0.15, 0.2) is 59.7 Å². The van der Waals surface area contributed by atoms with Crippen molar-refractivity contribution < 1.29 is 21.5 Å². The summed E-state index contributed by atoms with van der Waals surface area (Å²) in [7, 11) is 0. The predicted octanol–water partition coefficient (Wildman–Crippen LogP) is 9.36. The highest BCUT2D eigenvalue weighted by atomic mass is 79.9. The molecular weight excluding hydrogens is 628 g/mol. The number of fused-ring (bicyclic) bond motifs is 1. The van der Waals surface area contributed by atoms with Gasteiger partial charge >= 0.3 is 0 Å². The zero-order valence-electron chi connectivity index (χ0n) is 29.8. The third-order valence-electron chi connectivity index (χ3n) is 9.68. The second-order valence-electron chi connectivity index (χ2n) is 13.7. The average molecular weight is 696 g/mol. The molecule has 0 bridgehead atoms. The quantitative estimate of drug-likeness (QED) is 0.0577. The van der Waals surface area contributed by atoms with Crippen LogP contribution in [-0.4, -0.2) is 4.57 Å². The van der Waals surface area contributed by atoms with E-state index in [1.165, 1.54) is 148 Å². The summed E-state index contributed by atoms with van der Waals surface area (Å²) in [4.78, 5) is 13.2. The molecule has 0 aliphatic rings. The third-order valence-corrected chi connectivity index (χ3v) is 9.68. The number of aryl methyl sites for hydroxylation is 2. The number of rotatable bonds is 27. The zero-order chi connectivity index (χ0) is 31.8. The highest BCUT2D eigenvalue weighted by molar-refractivity contribution is 5.82. The Kier molecular flexibility index (Phi) is 22.8. The van der Waals surface area contributed by atoms with Gasteiger partial charge in [-0.1, -0.05) is 161 Å². The van der Waals surface area contributed by atoms with Gasteiger partial charge in [-0.05, 0) is 31.0 Å². The van der Waals surface area contributed by atoms with Crippen LogP contribution in [0.3, 0.4) is 0 Å². The molecule has 3 rings (SSSR count). The molecule has 0 saturated carbocycles. The van der Waals surface area contributed by atoms with E-state index in [4.69, 9.17) is 0 Å². The van der Waals surface area contributed by atoms with Gasteiger partial charge < -0.3 is 21.5 Å². The first-order valence-corrected chi connectivity index (χ1v) is 19.4. The molecule has 0 spiro atoms. The van der Waals surface area contributed by atoms with E-state index >= 15 is 0 Å². The third kappa shape index (κ3) is 15.8. The highest BCUT2D eigenvalue weighted by Gasteiger charge is 2.13. The minimum atomic E-state index is 0. The standard InChI is InChI=1S/C42H67N2O.BrH/c1-3-5-7-9-11-13-15-17-19-21-23-27-33-43-34-29-30-38(37-43)41-36-42(45)39-31-25-26-32-40(39)44(41)35-28-24-22-20-18-16-14-12-10-8-6-4-2;/h25-26,29-32,34,36-37H,3-24,27-28,33,35H2,1-2H3;1H/q+1;/p-1. The lowest BCUT2D eigenvalue weighted by molar-refractivity contribution is -0.696. The molecule has 0 radical (unpaired) electrons. The van der Waals surface area contributed by atoms with E-state index in [1.807, 2.05) is 18.2 Å². The zero-order valence-corrected chi connectivity index (χ0v) is 31.3. The Labute approximate surface area is 293 Å². The van der Waals surface area contributed by atoms with Gasteiger partial charge in [0, 0.05) is 30.5 Å². The molecule has 0 unspecified atom stereocenters. The number of hydrogen-bond acceptors (Lipinski definition) is 1. The van der Waals surface area contributed by atoms with Crippen LogP contribution < -0.4 is 27.0 Å². The fourth-order valence-corrected chi connectivity index (χ4v) is 6.87. The van der Waals surface area contributed by atoms with Crippen LogP contribution in [0.1, 0.15) is 168 Å². The maximum absolute atomic E-state index is 13.2. The van der Waals surface area contributed by atoms with Gasteiger partial charge in [0.25, 0.3) is 0 Å². The number of aromatic nitrogens is 2. The van der Waals surface area contributed by atoms with Gasteiger partial charge in [-0.2, -0.15) is 0 Å². The number of benzene rings is 1. The number of pyridine rings is 2. The summed E-state index contributed by atoms with van der Waals surface area (Å²) in [6.45, 7) is 6.58. The molecule has 0 fully saturated rings. The maximum Gasteiger partial charge on any atom is 0.190 e. The summed E-state index contributed by atoms with van der Waals surface area (Å²) >= 11 is 0. The van der Waals surface area contributed by atoms with Gasteiger partial charge in [0.2, 0.25) is 0 Å². The Morgan fingerprint density at radius 3 is 1.59 bits per heavy atom. The molecule has 3 nitrogen and oxygen atoms in total. The summed E-state index contributed by atoms with van der Waals surface area (Å²) in [5.74, 6) is 0. The molecule has 3 aromatic rings. The largest absolute Gasteiger partial charge is 1.00 e. The molecule has 0 atom stereocenters. The molecule has 0 aliphatic heterocycles. The maximum atomic E-state index is 13.2. The molecule has 2 aromatic heterocycles. The van der Waals surface area contributed by atoms with Crippen LogP contribution in [0.4, 0.5) is 0 Å². The van der Waals surface area contributed by atoms with E-state index in [2.05, 4.69) is 59.6 Å². The summed E-state index contributed by atoms with van der Waals surface area (Å²) in [6, 6.07) is 14.4. The average Bonchev–Trinajstić information content (AvgIpc) is 3.06. The first-order chi connectivity index (χ1) is 22.2. The molecule has 0 aliphatic carbocycles. The number of halogens is 1. The van der Waals surface area contributed by atoms with Gasteiger partial charge in [-0.25, -0.2) is 4.57 Å². The van der Waals surface area contributed by atoms with Crippen LogP contribution >= 0.6 is 0 Å². The topological polar surface area (TPSA) is 25.9 Å². The molecule has 0 amide bonds. The van der Waals surface area contributed by atoms with Crippen molar-refractivity contribution in [2.24, 2.45) is 0 Å². The van der Waals surface area contributed by atoms with E-state index in [0.29, 0.717) is 0 Å². The number of hydrogen-bond donors (Lipinski definition) is 0. The van der Waals surface area contributed by atoms with Gasteiger partial charge in [0.15, 0.2) is 17.8 Å². The van der Waals surface area contributed by atoms with Crippen LogP contribution in [0.5, 0.6) is 0 Å². The van der Waals surface area contributed by atoms with Crippen molar-refractivity contribution in [3.8, 4) is 11.3 Å². The highest BCUT2D eigenvalue weighted by Crippen LogP contribution is 2.23. The van der Waals surface area contributed by atoms with Crippen molar-refractivity contribution in [2.75, 3.05) is 0 Å². The van der Waals surface area contributed by atoms with Crippen molar-refractivity contribution in [1.29, 1.82) is 0 Å². The van der Waals surface area contributed by atoms with E-state index in [9.17, 15) is 4.79 Å². The lowest BCUT2D eigenvalue weighted by Crippen LogP contribution is -3.00. The van der Waals surface area contributed by atoms with Crippen molar-refractivity contribution in [1.82, 2.24) is 4.57 Å². The Balaban J connectivity index is 0.00000736. The Bertz CT molecular complexity index is 1240. The molecule has 4 heteroatoms. The summed E-state index contributed by atoms with van der Waals surface area (Å²) in [6.07, 6.45) is 37.2. The fraction of sp³-hybridized carbons (Fsp3) is 0.667. The van der Waals surface area contributed by atoms with E-state index in [1.54, 1.807) is 0 Å². The smallest absolute Gasteiger partial charge is 0.190 e. The minimum Gasteiger partial charge on any atom is -1.00 e. The van der Waals surface area contributed by atoms with Crippen LogP contribution in [0.2, 0.25) is 0 Å². The number of unbranched alkanes of at least 4 members (excludes halogenated alkanes) is 22. The van der Waals surface area contributed by atoms with E-state index < -0.39 is 0 Å². The van der Waals surface area contributed by atoms with Gasteiger partial charge in [0.1, 0.15) is 6.54 Å². The SMILES string of the molecule is CCCCCCCCCCCCCCn1c(-c2ccc[n+](CCCCCCCCCCCCCC)c2)cc(=O)c2ccccc21.[Br-]. The summed E-state index contributed by atoms with van der Waals surface area (Å²) in [5, 5.41) is 0.834. The lowest BCUT2D eigenvalue weighted by atomic mass is 10.0. The van der Waals surface area contributed by atoms with Gasteiger partial charge in [-0.3, -0.25) is 4.79 Å². The number of para-hydroxylation sites is 1. The monoisotopic (exact) mass is 694 g/mol. The molecule has 46 heavy (non-hydrogen) atoms. The fourth-order valence-electron chi connectivity index (χ4n) is 6.87. The molecule has 2 heterocycles. The van der Waals surface area contributed by atoms with E-state index in [-0.39, 0.29) is 22.4 Å². The number of nitrogens with zero attached hydrogens (tertiary/aromatic N) is 2. The molecule has 1 aromatic carbocycles. The summed E-state index contributed by atoms with van der Waals surface area (Å²) in [5.41, 5.74) is 3.41. The Morgan fingerprint density at radius 2 is 1.04 bits per heavy atom. The van der Waals surface area contributed by atoms with Crippen molar-refractivity contribution >= 4 is 10.9 Å². The van der Waals surface area contributed by atoms with Gasteiger partial charge in [-0.15, -0.1) is 0 Å². The van der Waals surface area contributed by atoms with Crippen LogP contribution in [-0.2, 0) is 13.1 Å². The van der Waals surface area contributed by atoms with Crippen LogP contribution in [0.25, 0.3) is 22.2 Å². The molecular formula is C42H67BrN2O. The Morgan fingerprint density at radius 1 is 0.565 bits per heavy atom. The molecule has 0 N–H and O–H groups in total. The normalized spacial score (nSPS) is 11.3. The van der Waals surface area contributed by atoms with Crippen LogP contribution in [0, 0.1) is 0 Å². The minimum absolute atomic E-state index is 0. The van der Waals surface area contributed by atoms with Crippen molar-refractivity contribution in [2.45, 2.75) is 181 Å². The second kappa shape index (κ2) is 26.1. The van der Waals surface area contributed by atoms with Gasteiger partial charge in [0.05, 0.1) is 16.8 Å². The first kappa shape index (κ1) is 40.2. The predicted molar refractivity (Wildman–Crippen MR) is 196 cm³/mol. The van der Waals surface area contributed by atoms with E-state index in [0.717, 1.165) is 41.7 Å². The Hall–Kier alpha value is -1.94. The molecule has 258 valence electrons. The molecule has 0 saturated heterocycles. The lowest BCUT2D eigenvalue weighted by Gasteiger charge is -2.17. The van der Waals surface area contributed by atoms with Crippen molar-refractivity contribution in [3.05, 3.63) is 65.1 Å².